The van der Waals surface area contributed by atoms with Crippen LogP contribution in [0.1, 0.15) is 20.8 Å². The largest absolute Gasteiger partial charge is 0.279 e. The summed E-state index contributed by atoms with van der Waals surface area (Å²) in [6, 6.07) is 0. The van der Waals surface area contributed by atoms with Crippen molar-refractivity contribution >= 4 is 34.3 Å². The van der Waals surface area contributed by atoms with Crippen LogP contribution in [0.25, 0.3) is 0 Å². The number of hydrazine groups is 1. The van der Waals surface area contributed by atoms with Gasteiger partial charge in [-0.1, -0.05) is 20.8 Å². The first-order valence-corrected chi connectivity index (χ1v) is 5.87. The second-order valence-electron chi connectivity index (χ2n) is 4.41. The molecule has 1 rings (SSSR count). The smallest absolute Gasteiger partial charge is 0.243 e. The van der Waals surface area contributed by atoms with Crippen molar-refractivity contribution in [1.29, 1.82) is 0 Å². The van der Waals surface area contributed by atoms with Gasteiger partial charge in [-0.3, -0.25) is 15.6 Å². The van der Waals surface area contributed by atoms with Crippen molar-refractivity contribution < 1.29 is 13.6 Å². The lowest BCUT2D eigenvalue weighted by Gasteiger charge is -2.18. The molecule has 0 aliphatic carbocycles. The highest BCUT2D eigenvalue weighted by atomic mass is 127. The van der Waals surface area contributed by atoms with Gasteiger partial charge in [0.05, 0.1) is 9.77 Å². The summed E-state index contributed by atoms with van der Waals surface area (Å²) in [6.45, 7) is 5.13. The number of rotatable bonds is 2. The normalized spacial score (nSPS) is 11.2. The molecule has 7 heteroatoms. The maximum Gasteiger partial charge on any atom is 0.243 e. The zero-order chi connectivity index (χ0) is 13.2. The summed E-state index contributed by atoms with van der Waals surface area (Å²) in [4.78, 5) is 15.0. The maximum absolute atomic E-state index is 13.5. The Kier molecular flexibility index (Phi) is 4.23. The van der Waals surface area contributed by atoms with E-state index >= 15 is 0 Å². The van der Waals surface area contributed by atoms with Gasteiger partial charge in [0.1, 0.15) is 0 Å². The monoisotopic (exact) mass is 355 g/mol. The van der Waals surface area contributed by atoms with E-state index in [2.05, 4.69) is 15.8 Å². The van der Waals surface area contributed by atoms with Gasteiger partial charge in [-0.25, -0.2) is 13.8 Å². The Balaban J connectivity index is 2.78. The Morgan fingerprint density at radius 3 is 2.53 bits per heavy atom. The first kappa shape index (κ1) is 14.1. The Morgan fingerprint density at radius 1 is 1.41 bits per heavy atom. The fourth-order valence-corrected chi connectivity index (χ4v) is 1.23. The predicted octanol–water partition coefficient (Wildman–Crippen LogP) is 2.45. The van der Waals surface area contributed by atoms with Crippen LogP contribution in [-0.4, -0.2) is 10.9 Å². The molecule has 4 nitrogen and oxygen atoms in total. The summed E-state index contributed by atoms with van der Waals surface area (Å²) >= 11 is 1.52. The fourth-order valence-electron chi connectivity index (χ4n) is 0.834. The minimum atomic E-state index is -0.834. The zero-order valence-electron chi connectivity index (χ0n) is 9.57. The Labute approximate surface area is 111 Å². The van der Waals surface area contributed by atoms with Crippen LogP contribution in [0.3, 0.4) is 0 Å². The number of carbonyl (C=O) groups excluding carboxylic acids is 1. The average molecular weight is 355 g/mol. The molecule has 0 atom stereocenters. The van der Waals surface area contributed by atoms with Gasteiger partial charge >= 0.3 is 0 Å². The van der Waals surface area contributed by atoms with E-state index < -0.39 is 17.0 Å². The van der Waals surface area contributed by atoms with E-state index in [0.29, 0.717) is 0 Å². The lowest BCUT2D eigenvalue weighted by atomic mass is 9.96. The quantitative estimate of drug-likeness (QED) is 0.633. The number of hydrogen-bond acceptors (Lipinski definition) is 3. The van der Waals surface area contributed by atoms with E-state index in [-0.39, 0.29) is 15.3 Å². The number of aromatic nitrogens is 1. The van der Waals surface area contributed by atoms with E-state index in [1.54, 1.807) is 20.8 Å². The van der Waals surface area contributed by atoms with E-state index in [4.69, 9.17) is 0 Å². The SMILES string of the molecule is CC(C)(C)C(=O)NNc1ncc(F)c(I)c1F. The lowest BCUT2D eigenvalue weighted by molar-refractivity contribution is -0.127. The second kappa shape index (κ2) is 5.11. The number of amides is 1. The van der Waals surface area contributed by atoms with Gasteiger partial charge in [-0.05, 0) is 22.6 Å². The van der Waals surface area contributed by atoms with Crippen LogP contribution in [-0.2, 0) is 4.79 Å². The fraction of sp³-hybridized carbons (Fsp3) is 0.400. The van der Waals surface area contributed by atoms with Crippen molar-refractivity contribution in [1.82, 2.24) is 10.4 Å². The molecular weight excluding hydrogens is 343 g/mol. The van der Waals surface area contributed by atoms with Crippen LogP contribution in [0.2, 0.25) is 0 Å². The summed E-state index contributed by atoms with van der Waals surface area (Å²) < 4.78 is 26.2. The minimum absolute atomic E-state index is 0.176. The molecule has 0 fully saturated rings. The number of anilines is 1. The molecule has 2 N–H and O–H groups in total. The first-order chi connectivity index (χ1) is 7.73. The molecule has 1 heterocycles. The van der Waals surface area contributed by atoms with Gasteiger partial charge in [0.15, 0.2) is 17.5 Å². The lowest BCUT2D eigenvalue weighted by Crippen LogP contribution is -2.39. The number of nitrogens with one attached hydrogen (secondary N) is 2. The molecule has 0 saturated carbocycles. The number of nitrogens with zero attached hydrogens (tertiary/aromatic N) is 1. The first-order valence-electron chi connectivity index (χ1n) is 4.79. The zero-order valence-corrected chi connectivity index (χ0v) is 11.7. The van der Waals surface area contributed by atoms with Crippen molar-refractivity contribution in [2.75, 3.05) is 5.43 Å². The molecule has 0 bridgehead atoms. The molecule has 94 valence electrons. The van der Waals surface area contributed by atoms with Gasteiger partial charge < -0.3 is 0 Å². The molecule has 17 heavy (non-hydrogen) atoms. The van der Waals surface area contributed by atoms with Crippen LogP contribution < -0.4 is 10.9 Å². The second-order valence-corrected chi connectivity index (χ2v) is 5.49. The number of pyridine rings is 1. The highest BCUT2D eigenvalue weighted by Gasteiger charge is 2.21. The van der Waals surface area contributed by atoms with Crippen LogP contribution in [0.15, 0.2) is 6.20 Å². The topological polar surface area (TPSA) is 54.0 Å². The molecule has 1 aromatic heterocycles. The van der Waals surface area contributed by atoms with Gasteiger partial charge in [0, 0.05) is 5.41 Å². The van der Waals surface area contributed by atoms with Crippen molar-refractivity contribution in [3.05, 3.63) is 21.4 Å². The third-order valence-corrected chi connectivity index (χ3v) is 2.88. The summed E-state index contributed by atoms with van der Waals surface area (Å²) in [5, 5.41) is 0. The summed E-state index contributed by atoms with van der Waals surface area (Å²) in [7, 11) is 0. The van der Waals surface area contributed by atoms with Gasteiger partial charge in [0.25, 0.3) is 0 Å². The Morgan fingerprint density at radius 2 is 2.00 bits per heavy atom. The third kappa shape index (κ3) is 3.48. The van der Waals surface area contributed by atoms with Gasteiger partial charge in [-0.2, -0.15) is 0 Å². The molecule has 0 aromatic carbocycles. The van der Waals surface area contributed by atoms with Crippen molar-refractivity contribution in [2.45, 2.75) is 20.8 Å². The van der Waals surface area contributed by atoms with Crippen LogP contribution in [0, 0.1) is 20.6 Å². The summed E-state index contributed by atoms with van der Waals surface area (Å²) in [5.74, 6) is -2.11. The predicted molar refractivity (Wildman–Crippen MR) is 68.1 cm³/mol. The molecule has 1 aromatic rings. The highest BCUT2D eigenvalue weighted by molar-refractivity contribution is 14.1. The van der Waals surface area contributed by atoms with Gasteiger partial charge in [0.2, 0.25) is 5.91 Å². The van der Waals surface area contributed by atoms with Crippen molar-refractivity contribution in [3.8, 4) is 0 Å². The molecule has 0 aliphatic heterocycles. The molecular formula is C10H12F2IN3O. The Bertz CT molecular complexity index is 446. The van der Waals surface area contributed by atoms with E-state index in [0.717, 1.165) is 6.20 Å². The summed E-state index contributed by atoms with van der Waals surface area (Å²) in [5.41, 5.74) is 4.02. The van der Waals surface area contributed by atoms with E-state index in [1.807, 2.05) is 0 Å². The van der Waals surface area contributed by atoms with E-state index in [9.17, 15) is 13.6 Å². The van der Waals surface area contributed by atoms with Crippen molar-refractivity contribution in [3.63, 3.8) is 0 Å². The number of carbonyl (C=O) groups is 1. The minimum Gasteiger partial charge on any atom is -0.279 e. The highest BCUT2D eigenvalue weighted by Crippen LogP contribution is 2.19. The van der Waals surface area contributed by atoms with E-state index in [1.165, 1.54) is 22.6 Å². The molecule has 0 unspecified atom stereocenters. The molecule has 0 saturated heterocycles. The average Bonchev–Trinajstić information content (AvgIpc) is 2.23. The number of hydrogen-bond donors (Lipinski definition) is 2. The van der Waals surface area contributed by atoms with Crippen LogP contribution in [0.5, 0.6) is 0 Å². The van der Waals surface area contributed by atoms with Crippen LogP contribution >= 0.6 is 22.6 Å². The van der Waals surface area contributed by atoms with Crippen molar-refractivity contribution in [2.24, 2.45) is 5.41 Å². The van der Waals surface area contributed by atoms with Crippen LogP contribution in [0.4, 0.5) is 14.6 Å². The standard InChI is InChI=1S/C10H12F2IN3O/c1-10(2,3)9(17)16-15-8-6(12)7(13)5(11)4-14-8/h4H,1-3H3,(H,14,15)(H,16,17). The third-order valence-electron chi connectivity index (χ3n) is 1.89. The molecule has 0 radical (unpaired) electrons. The van der Waals surface area contributed by atoms with Gasteiger partial charge in [-0.15, -0.1) is 0 Å². The molecule has 0 aliphatic rings. The maximum atomic E-state index is 13.5. The Hall–Kier alpha value is -0.990. The summed E-state index contributed by atoms with van der Waals surface area (Å²) in [6.07, 6.45) is 0.885. The molecule has 1 amide bonds. The molecule has 0 spiro atoms. The number of halogens is 3.